The van der Waals surface area contributed by atoms with E-state index in [1.165, 1.54) is 92.6 Å². The van der Waals surface area contributed by atoms with Crippen LogP contribution in [0.25, 0.3) is 60.5 Å². The van der Waals surface area contributed by atoms with E-state index in [1.54, 1.807) is 0 Å². The highest BCUT2D eigenvalue weighted by Gasteiger charge is 2.49. The molecule has 2 aliphatic heterocycles. The molecule has 1 nitrogen and oxygen atoms in total. The number of benzene rings is 8. The summed E-state index contributed by atoms with van der Waals surface area (Å²) in [7, 11) is 0. The van der Waals surface area contributed by atoms with E-state index in [9.17, 15) is 0 Å². The number of fused-ring (bicyclic) bond motifs is 12. The minimum atomic E-state index is -0.476. The first-order chi connectivity index (χ1) is 24.3. The number of hydrogen-bond acceptors (Lipinski definition) is 1. The van der Waals surface area contributed by atoms with Crippen molar-refractivity contribution in [2.24, 2.45) is 0 Å². The van der Waals surface area contributed by atoms with Gasteiger partial charge in [-0.15, -0.1) is 0 Å². The second kappa shape index (κ2) is 10.1. The first kappa shape index (κ1) is 27.2. The Hall–Kier alpha value is -5.83. The molecule has 228 valence electrons. The molecule has 3 heterocycles. The number of nitrogens with zero attached hydrogens (tertiary/aromatic N) is 1. The molecule has 2 heteroatoms. The van der Waals surface area contributed by atoms with Crippen LogP contribution in [0.2, 0.25) is 0 Å². The Balaban J connectivity index is 1.18. The quantitative estimate of drug-likeness (QED) is 0.182. The van der Waals surface area contributed by atoms with E-state index in [2.05, 4.69) is 180 Å². The lowest BCUT2D eigenvalue weighted by Gasteiger charge is -2.45. The normalized spacial score (nSPS) is 15.8. The second-order valence-corrected chi connectivity index (χ2v) is 14.3. The minimum absolute atomic E-state index is 0.476. The van der Waals surface area contributed by atoms with Crippen LogP contribution >= 0.6 is 11.8 Å². The molecule has 11 rings (SSSR count). The van der Waals surface area contributed by atoms with Gasteiger partial charge >= 0.3 is 0 Å². The molecule has 8 aromatic carbocycles. The Labute approximate surface area is 289 Å². The van der Waals surface area contributed by atoms with Crippen molar-refractivity contribution in [1.82, 2.24) is 4.57 Å². The molecule has 0 radical (unpaired) electrons. The maximum Gasteiger partial charge on any atom is 0.0764 e. The standard InChI is InChI=1S/C47H29NS/c1-2-13-34-31(11-1)12-9-15-35(34)32-25-23-30(24-26-32)33-27-28-45-41(29-33)47(39-18-5-8-22-44(39)49-45)38-17-4-7-21-43(38)48-42-20-6-3-14-36(42)37-16-10-19-40(47)46(37)48/h1-29H. The maximum atomic E-state index is 2.51. The molecule has 1 aromatic heterocycles. The van der Waals surface area contributed by atoms with E-state index < -0.39 is 5.41 Å². The molecule has 0 aliphatic carbocycles. The van der Waals surface area contributed by atoms with Crippen molar-refractivity contribution in [1.29, 1.82) is 0 Å². The Morgan fingerprint density at radius 3 is 1.96 bits per heavy atom. The fourth-order valence-corrected chi connectivity index (χ4v) is 10.00. The average Bonchev–Trinajstić information content (AvgIpc) is 3.51. The van der Waals surface area contributed by atoms with Crippen molar-refractivity contribution in [2.75, 3.05) is 0 Å². The van der Waals surface area contributed by atoms with Crippen LogP contribution in [0.1, 0.15) is 22.3 Å². The molecule has 9 aromatic rings. The Kier molecular flexibility index (Phi) is 5.59. The van der Waals surface area contributed by atoms with Gasteiger partial charge in [0.05, 0.1) is 22.1 Å². The highest BCUT2D eigenvalue weighted by molar-refractivity contribution is 7.99. The monoisotopic (exact) mass is 639 g/mol. The van der Waals surface area contributed by atoms with Crippen LogP contribution in [0.15, 0.2) is 186 Å². The molecule has 0 amide bonds. The number of rotatable bonds is 2. The molecule has 1 atom stereocenters. The third kappa shape index (κ3) is 3.62. The third-order valence-corrected chi connectivity index (χ3v) is 12.0. The molecule has 0 fully saturated rings. The molecule has 2 aliphatic rings. The van der Waals surface area contributed by atoms with E-state index in [0.717, 1.165) is 0 Å². The smallest absolute Gasteiger partial charge is 0.0764 e. The van der Waals surface area contributed by atoms with Gasteiger partial charge in [-0.1, -0.05) is 157 Å². The number of para-hydroxylation sites is 3. The minimum Gasteiger partial charge on any atom is -0.309 e. The summed E-state index contributed by atoms with van der Waals surface area (Å²) < 4.78 is 2.51. The zero-order valence-corrected chi connectivity index (χ0v) is 27.4. The van der Waals surface area contributed by atoms with E-state index in [-0.39, 0.29) is 0 Å². The van der Waals surface area contributed by atoms with Crippen molar-refractivity contribution in [3.05, 3.63) is 198 Å². The van der Waals surface area contributed by atoms with Crippen LogP contribution in [-0.2, 0) is 5.41 Å². The predicted molar refractivity (Wildman–Crippen MR) is 205 cm³/mol. The molecule has 0 saturated heterocycles. The fourth-order valence-electron chi connectivity index (χ4n) is 8.82. The number of hydrogen-bond donors (Lipinski definition) is 0. The largest absolute Gasteiger partial charge is 0.309 e. The highest BCUT2D eigenvalue weighted by atomic mass is 32.2. The Bertz CT molecular complexity index is 2800. The van der Waals surface area contributed by atoms with Gasteiger partial charge in [0.1, 0.15) is 0 Å². The van der Waals surface area contributed by atoms with Crippen molar-refractivity contribution >= 4 is 44.3 Å². The number of aromatic nitrogens is 1. The summed E-state index contributed by atoms with van der Waals surface area (Å²) in [5, 5.41) is 5.15. The fraction of sp³-hybridized carbons (Fsp3) is 0.0213. The van der Waals surface area contributed by atoms with Gasteiger partial charge in [-0.25, -0.2) is 0 Å². The van der Waals surface area contributed by atoms with Gasteiger partial charge in [0, 0.05) is 20.6 Å². The lowest BCUT2D eigenvalue weighted by atomic mass is 9.62. The summed E-state index contributed by atoms with van der Waals surface area (Å²) in [4.78, 5) is 2.63. The van der Waals surface area contributed by atoms with Gasteiger partial charge in [0.2, 0.25) is 0 Å². The summed E-state index contributed by atoms with van der Waals surface area (Å²) in [6, 6.07) is 65.5. The summed E-state index contributed by atoms with van der Waals surface area (Å²) in [5.41, 5.74) is 13.7. The molecule has 0 saturated carbocycles. The van der Waals surface area contributed by atoms with Gasteiger partial charge in [-0.3, -0.25) is 0 Å². The van der Waals surface area contributed by atoms with Crippen LogP contribution in [0.3, 0.4) is 0 Å². The SMILES string of the molecule is c1ccc2c(c1)Sc1ccc(-c3ccc(-c4cccc5ccccc45)cc3)cc1C21c2ccccc2-n2c3ccccc3c3cccc1c32. The zero-order valence-electron chi connectivity index (χ0n) is 26.6. The topological polar surface area (TPSA) is 4.93 Å². The highest BCUT2D eigenvalue weighted by Crippen LogP contribution is 2.60. The molecule has 0 N–H and O–H groups in total. The zero-order chi connectivity index (χ0) is 32.1. The predicted octanol–water partition coefficient (Wildman–Crippen LogP) is 12.4. The van der Waals surface area contributed by atoms with Gasteiger partial charge in [0.25, 0.3) is 0 Å². The first-order valence-electron chi connectivity index (χ1n) is 16.9. The molecule has 0 bridgehead atoms. The van der Waals surface area contributed by atoms with Gasteiger partial charge in [0.15, 0.2) is 0 Å². The van der Waals surface area contributed by atoms with Crippen molar-refractivity contribution in [3.63, 3.8) is 0 Å². The van der Waals surface area contributed by atoms with Crippen LogP contribution < -0.4 is 0 Å². The van der Waals surface area contributed by atoms with E-state index in [1.807, 2.05) is 11.8 Å². The van der Waals surface area contributed by atoms with Crippen LogP contribution in [-0.4, -0.2) is 4.57 Å². The van der Waals surface area contributed by atoms with Crippen molar-refractivity contribution in [2.45, 2.75) is 15.2 Å². The van der Waals surface area contributed by atoms with Crippen LogP contribution in [0.4, 0.5) is 0 Å². The molecule has 49 heavy (non-hydrogen) atoms. The van der Waals surface area contributed by atoms with Crippen LogP contribution in [0, 0.1) is 0 Å². The lowest BCUT2D eigenvalue weighted by Crippen LogP contribution is -2.37. The molecule has 1 spiro atoms. The summed E-state index contributed by atoms with van der Waals surface area (Å²) in [6.45, 7) is 0. The third-order valence-electron chi connectivity index (χ3n) is 10.9. The van der Waals surface area contributed by atoms with Crippen molar-refractivity contribution < 1.29 is 0 Å². The average molecular weight is 640 g/mol. The van der Waals surface area contributed by atoms with Gasteiger partial charge in [-0.05, 0) is 85.6 Å². The van der Waals surface area contributed by atoms with Gasteiger partial charge in [-0.2, -0.15) is 0 Å². The van der Waals surface area contributed by atoms with E-state index >= 15 is 0 Å². The summed E-state index contributed by atoms with van der Waals surface area (Å²) >= 11 is 1.90. The lowest BCUT2D eigenvalue weighted by molar-refractivity contribution is 0.690. The van der Waals surface area contributed by atoms with E-state index in [0.29, 0.717) is 0 Å². The maximum absolute atomic E-state index is 2.51. The summed E-state index contributed by atoms with van der Waals surface area (Å²) in [5.74, 6) is 0. The molecular formula is C47H29NS. The summed E-state index contributed by atoms with van der Waals surface area (Å²) in [6.07, 6.45) is 0. The van der Waals surface area contributed by atoms with Crippen LogP contribution in [0.5, 0.6) is 0 Å². The molecule has 1 unspecified atom stereocenters. The Morgan fingerprint density at radius 2 is 1.04 bits per heavy atom. The van der Waals surface area contributed by atoms with Gasteiger partial charge < -0.3 is 4.57 Å². The Morgan fingerprint density at radius 1 is 0.408 bits per heavy atom. The van der Waals surface area contributed by atoms with Crippen molar-refractivity contribution in [3.8, 4) is 27.9 Å². The second-order valence-electron chi connectivity index (χ2n) is 13.2. The molecular weight excluding hydrogens is 611 g/mol. The first-order valence-corrected chi connectivity index (χ1v) is 17.8. The van der Waals surface area contributed by atoms with E-state index in [4.69, 9.17) is 0 Å².